The van der Waals surface area contributed by atoms with Crippen molar-refractivity contribution in [1.29, 1.82) is 0 Å². The minimum atomic E-state index is -0.0707. The van der Waals surface area contributed by atoms with Crippen LogP contribution in [0.5, 0.6) is 0 Å². The van der Waals surface area contributed by atoms with Crippen LogP contribution in [-0.4, -0.2) is 15.3 Å². The quantitative estimate of drug-likeness (QED) is 0.508. The zero-order valence-electron chi connectivity index (χ0n) is 11.1. The van der Waals surface area contributed by atoms with Crippen molar-refractivity contribution in [2.75, 3.05) is 0 Å². The number of nitrogens with one attached hydrogen (secondary N) is 1. The zero-order valence-corrected chi connectivity index (χ0v) is 11.1. The van der Waals surface area contributed by atoms with Gasteiger partial charge in [-0.15, -0.1) is 0 Å². The fourth-order valence-corrected chi connectivity index (χ4v) is 3.00. The lowest BCUT2D eigenvalue weighted by Gasteiger charge is -2.06. The van der Waals surface area contributed by atoms with Crippen molar-refractivity contribution >= 4 is 23.8 Å². The van der Waals surface area contributed by atoms with Crippen LogP contribution in [0.15, 0.2) is 36.5 Å². The van der Waals surface area contributed by atoms with E-state index in [1.807, 2.05) is 36.5 Å². The molecule has 0 saturated carbocycles. The van der Waals surface area contributed by atoms with E-state index in [0.717, 1.165) is 33.9 Å². The van der Waals surface area contributed by atoms with Gasteiger partial charge in [-0.1, -0.05) is 12.1 Å². The number of rotatable bonds is 0. The summed E-state index contributed by atoms with van der Waals surface area (Å²) in [7, 11) is 0. The van der Waals surface area contributed by atoms with Crippen LogP contribution in [0.1, 0.15) is 27.0 Å². The van der Waals surface area contributed by atoms with Gasteiger partial charge in [0.05, 0.1) is 5.35 Å². The van der Waals surface area contributed by atoms with Crippen molar-refractivity contribution in [1.82, 2.24) is 14.7 Å². The first-order valence-electron chi connectivity index (χ1n) is 6.92. The van der Waals surface area contributed by atoms with E-state index < -0.39 is 0 Å². The highest BCUT2D eigenvalue weighted by molar-refractivity contribution is 6.01. The minimum absolute atomic E-state index is 0.0707. The normalized spacial score (nSPS) is 18.0. The number of benzene rings is 1. The SMILES string of the molecule is O=C1N/C=c2/nc3ccccn3/c2=C/c2c1ccc1c2C1. The van der Waals surface area contributed by atoms with Crippen LogP contribution in [0, 0.1) is 0 Å². The maximum atomic E-state index is 12.3. The van der Waals surface area contributed by atoms with Crippen molar-refractivity contribution in [3.8, 4) is 0 Å². The van der Waals surface area contributed by atoms with Crippen LogP contribution in [0.25, 0.3) is 17.9 Å². The van der Waals surface area contributed by atoms with Crippen molar-refractivity contribution in [2.45, 2.75) is 6.42 Å². The van der Waals surface area contributed by atoms with Gasteiger partial charge in [0.25, 0.3) is 5.91 Å². The van der Waals surface area contributed by atoms with Gasteiger partial charge in [0.1, 0.15) is 11.0 Å². The highest BCUT2D eigenvalue weighted by atomic mass is 16.1. The van der Waals surface area contributed by atoms with Crippen molar-refractivity contribution in [3.63, 3.8) is 0 Å². The minimum Gasteiger partial charge on any atom is -0.326 e. The van der Waals surface area contributed by atoms with Gasteiger partial charge in [-0.05, 0) is 47.4 Å². The molecule has 1 aliphatic heterocycles. The molecule has 1 aliphatic carbocycles. The van der Waals surface area contributed by atoms with Crippen LogP contribution in [-0.2, 0) is 6.42 Å². The molecule has 0 radical (unpaired) electrons. The molecule has 100 valence electrons. The molecule has 3 aromatic rings. The van der Waals surface area contributed by atoms with Crippen LogP contribution >= 0.6 is 0 Å². The Bertz CT molecular complexity index is 1060. The third kappa shape index (κ3) is 1.44. The van der Waals surface area contributed by atoms with Gasteiger partial charge in [-0.25, -0.2) is 4.98 Å². The monoisotopic (exact) mass is 273 g/mol. The van der Waals surface area contributed by atoms with Gasteiger partial charge < -0.3 is 5.32 Å². The first-order valence-corrected chi connectivity index (χ1v) is 6.92. The number of aromatic nitrogens is 2. The Labute approximate surface area is 120 Å². The molecule has 1 aromatic carbocycles. The lowest BCUT2D eigenvalue weighted by atomic mass is 10.1. The molecular weight excluding hydrogens is 262 g/mol. The Morgan fingerprint density at radius 1 is 1.19 bits per heavy atom. The number of hydrogen-bond acceptors (Lipinski definition) is 2. The standard InChI is InChI=1S/C17H11N3O/c21-17-11-5-4-10-7-12(10)13(11)8-15-14(9-18-17)19-16-3-1-2-6-20(15)16/h1-6,8-9H,7H2,(H,18,21). The summed E-state index contributed by atoms with van der Waals surface area (Å²) in [5.41, 5.74) is 5.26. The van der Waals surface area contributed by atoms with Gasteiger partial charge in [-0.3, -0.25) is 9.20 Å². The summed E-state index contributed by atoms with van der Waals surface area (Å²) in [4.78, 5) is 16.8. The molecule has 0 atom stereocenters. The fraction of sp³-hybridized carbons (Fsp3) is 0.0588. The summed E-state index contributed by atoms with van der Waals surface area (Å²) in [6, 6.07) is 9.86. The van der Waals surface area contributed by atoms with E-state index in [0.29, 0.717) is 0 Å². The second-order valence-electron chi connectivity index (χ2n) is 5.41. The van der Waals surface area contributed by atoms with E-state index in [1.165, 1.54) is 11.1 Å². The summed E-state index contributed by atoms with van der Waals surface area (Å²) in [5, 5.41) is 4.65. The average Bonchev–Trinajstić information content (AvgIpc) is 3.20. The van der Waals surface area contributed by atoms with E-state index >= 15 is 0 Å². The van der Waals surface area contributed by atoms with Crippen LogP contribution in [0.4, 0.5) is 0 Å². The van der Waals surface area contributed by atoms with Crippen LogP contribution in [0.3, 0.4) is 0 Å². The number of hydrogen-bond donors (Lipinski definition) is 1. The van der Waals surface area contributed by atoms with Gasteiger partial charge in [0.2, 0.25) is 0 Å². The Hall–Kier alpha value is -2.88. The number of amides is 1. The van der Waals surface area contributed by atoms with E-state index in [2.05, 4.69) is 20.8 Å². The summed E-state index contributed by atoms with van der Waals surface area (Å²) in [5.74, 6) is -0.0707. The molecule has 2 aromatic heterocycles. The Morgan fingerprint density at radius 3 is 3.10 bits per heavy atom. The van der Waals surface area contributed by atoms with Gasteiger partial charge >= 0.3 is 0 Å². The smallest absolute Gasteiger partial charge is 0.255 e. The molecule has 21 heavy (non-hydrogen) atoms. The molecule has 2 aliphatic rings. The Balaban J connectivity index is 1.98. The number of fused-ring (bicyclic) bond motifs is 6. The van der Waals surface area contributed by atoms with Gasteiger partial charge in [0, 0.05) is 18.0 Å². The summed E-state index contributed by atoms with van der Waals surface area (Å²) in [6.07, 6.45) is 6.76. The number of nitrogens with zero attached hydrogens (tertiary/aromatic N) is 2. The van der Waals surface area contributed by atoms with E-state index in [4.69, 9.17) is 0 Å². The van der Waals surface area contributed by atoms with Crippen molar-refractivity contribution in [3.05, 3.63) is 69.5 Å². The van der Waals surface area contributed by atoms with Crippen LogP contribution in [0.2, 0.25) is 0 Å². The predicted molar refractivity (Wildman–Crippen MR) is 79.2 cm³/mol. The van der Waals surface area contributed by atoms with Crippen LogP contribution < -0.4 is 16.0 Å². The Morgan fingerprint density at radius 2 is 2.14 bits per heavy atom. The molecule has 3 heterocycles. The second kappa shape index (κ2) is 3.61. The van der Waals surface area contributed by atoms with Crippen molar-refractivity contribution in [2.24, 2.45) is 0 Å². The first-order chi connectivity index (χ1) is 10.3. The maximum Gasteiger partial charge on any atom is 0.255 e. The van der Waals surface area contributed by atoms with Gasteiger partial charge in [0.15, 0.2) is 0 Å². The predicted octanol–water partition coefficient (Wildman–Crippen LogP) is 0.549. The second-order valence-corrected chi connectivity index (χ2v) is 5.41. The molecule has 1 amide bonds. The summed E-state index contributed by atoms with van der Waals surface area (Å²) < 4.78 is 2.05. The summed E-state index contributed by atoms with van der Waals surface area (Å²) >= 11 is 0. The fourth-order valence-electron chi connectivity index (χ4n) is 3.00. The third-order valence-corrected chi connectivity index (χ3v) is 4.16. The third-order valence-electron chi connectivity index (χ3n) is 4.16. The molecule has 1 N–H and O–H groups in total. The molecular formula is C17H11N3O. The molecule has 4 nitrogen and oxygen atoms in total. The van der Waals surface area contributed by atoms with Gasteiger partial charge in [-0.2, -0.15) is 0 Å². The van der Waals surface area contributed by atoms with E-state index in [-0.39, 0.29) is 5.91 Å². The zero-order chi connectivity index (χ0) is 14.0. The largest absolute Gasteiger partial charge is 0.326 e. The first kappa shape index (κ1) is 10.9. The average molecular weight is 273 g/mol. The number of pyridine rings is 1. The molecule has 0 saturated heterocycles. The van der Waals surface area contributed by atoms with E-state index in [1.54, 1.807) is 6.20 Å². The topological polar surface area (TPSA) is 46.4 Å². The lowest BCUT2D eigenvalue weighted by molar-refractivity contribution is 0.0975. The summed E-state index contributed by atoms with van der Waals surface area (Å²) in [6.45, 7) is 0. The number of carbonyl (C=O) groups is 1. The Kier molecular flexibility index (Phi) is 1.86. The number of imidazole rings is 1. The maximum absolute atomic E-state index is 12.3. The molecule has 0 fully saturated rings. The highest BCUT2D eigenvalue weighted by Gasteiger charge is 2.25. The number of carbonyl (C=O) groups excluding carboxylic acids is 1. The molecule has 0 spiro atoms. The molecule has 0 bridgehead atoms. The molecule has 5 rings (SSSR count). The molecule has 4 heteroatoms. The van der Waals surface area contributed by atoms with E-state index in [9.17, 15) is 4.79 Å². The van der Waals surface area contributed by atoms with Crippen molar-refractivity contribution < 1.29 is 4.79 Å². The lowest BCUT2D eigenvalue weighted by Crippen LogP contribution is -2.33. The molecule has 0 unspecified atom stereocenters. The highest BCUT2D eigenvalue weighted by Crippen LogP contribution is 2.34.